The van der Waals surface area contributed by atoms with Gasteiger partial charge in [0.2, 0.25) is 0 Å². The van der Waals surface area contributed by atoms with Crippen molar-refractivity contribution < 1.29 is 5.11 Å². The third-order valence-corrected chi connectivity index (χ3v) is 4.55. The molecule has 0 aliphatic heterocycles. The quantitative estimate of drug-likeness (QED) is 0.846. The van der Waals surface area contributed by atoms with E-state index in [4.69, 9.17) is 0 Å². The van der Waals surface area contributed by atoms with Gasteiger partial charge in [-0.2, -0.15) is 0 Å². The van der Waals surface area contributed by atoms with E-state index in [1.54, 1.807) is 0 Å². The number of phenols is 1. The van der Waals surface area contributed by atoms with Crippen LogP contribution in [0.5, 0.6) is 5.75 Å². The third kappa shape index (κ3) is 3.50. The Morgan fingerprint density at radius 3 is 2.74 bits per heavy atom. The van der Waals surface area contributed by atoms with Gasteiger partial charge in [0, 0.05) is 17.6 Å². The molecule has 0 saturated heterocycles. The molecule has 2 N–H and O–H groups in total. The van der Waals surface area contributed by atoms with E-state index in [1.165, 1.54) is 32.1 Å². The highest BCUT2D eigenvalue weighted by Crippen LogP contribution is 2.31. The lowest BCUT2D eigenvalue weighted by Crippen LogP contribution is -2.39. The van der Waals surface area contributed by atoms with Crippen LogP contribution in [0, 0.1) is 12.8 Å². The van der Waals surface area contributed by atoms with Crippen LogP contribution in [0.3, 0.4) is 0 Å². The zero-order valence-corrected chi connectivity index (χ0v) is 12.4. The summed E-state index contributed by atoms with van der Waals surface area (Å²) in [6.07, 6.45) is 6.59. The van der Waals surface area contributed by atoms with Crippen LogP contribution in [-0.2, 0) is 0 Å². The number of phenolic OH excluding ortho intramolecular Hbond substituents is 1. The molecule has 0 heterocycles. The molecule has 1 aliphatic rings. The van der Waals surface area contributed by atoms with E-state index < -0.39 is 0 Å². The van der Waals surface area contributed by atoms with E-state index in [1.807, 2.05) is 19.1 Å². The third-order valence-electron chi connectivity index (χ3n) is 4.55. The second kappa shape index (κ2) is 6.42. The highest BCUT2D eigenvalue weighted by atomic mass is 16.3. The Bertz CT molecular complexity index is 416. The first kappa shape index (κ1) is 14.4. The summed E-state index contributed by atoms with van der Waals surface area (Å²) in [5.41, 5.74) is 2.13. The van der Waals surface area contributed by atoms with Crippen molar-refractivity contribution in [3.63, 3.8) is 0 Å². The van der Waals surface area contributed by atoms with Crippen LogP contribution < -0.4 is 5.32 Å². The van der Waals surface area contributed by atoms with Crippen LogP contribution in [0.1, 0.15) is 63.1 Å². The first-order valence-corrected chi connectivity index (χ1v) is 7.67. The SMILES string of the molecule is CCC1CCCCC1NC(C)c1ccc(C)cc1O. The molecule has 0 bridgehead atoms. The second-order valence-corrected chi connectivity index (χ2v) is 6.01. The van der Waals surface area contributed by atoms with E-state index in [2.05, 4.69) is 25.2 Å². The second-order valence-electron chi connectivity index (χ2n) is 6.01. The lowest BCUT2D eigenvalue weighted by Gasteiger charge is -2.34. The van der Waals surface area contributed by atoms with Crippen LogP contribution in [0.15, 0.2) is 18.2 Å². The molecule has 0 aromatic heterocycles. The average molecular weight is 261 g/mol. The van der Waals surface area contributed by atoms with E-state index >= 15 is 0 Å². The molecule has 3 unspecified atom stereocenters. The first-order valence-electron chi connectivity index (χ1n) is 7.67. The fraction of sp³-hybridized carbons (Fsp3) is 0.647. The predicted octanol–water partition coefficient (Wildman–Crippen LogP) is 4.32. The van der Waals surface area contributed by atoms with Crippen molar-refractivity contribution in [1.29, 1.82) is 0 Å². The molecule has 1 aliphatic carbocycles. The lowest BCUT2D eigenvalue weighted by molar-refractivity contribution is 0.239. The van der Waals surface area contributed by atoms with E-state index in [0.29, 0.717) is 11.8 Å². The van der Waals surface area contributed by atoms with Gasteiger partial charge in [-0.05, 0) is 44.2 Å². The fourth-order valence-corrected chi connectivity index (χ4v) is 3.35. The van der Waals surface area contributed by atoms with Crippen molar-refractivity contribution in [2.45, 2.75) is 65.0 Å². The Hall–Kier alpha value is -1.02. The Morgan fingerprint density at radius 2 is 2.05 bits per heavy atom. The minimum Gasteiger partial charge on any atom is -0.508 e. The van der Waals surface area contributed by atoms with Crippen LogP contribution in [0.2, 0.25) is 0 Å². The van der Waals surface area contributed by atoms with Gasteiger partial charge in [0.25, 0.3) is 0 Å². The van der Waals surface area contributed by atoms with E-state index in [9.17, 15) is 5.11 Å². The molecule has 19 heavy (non-hydrogen) atoms. The summed E-state index contributed by atoms with van der Waals surface area (Å²) in [5, 5.41) is 13.8. The fourth-order valence-electron chi connectivity index (χ4n) is 3.35. The summed E-state index contributed by atoms with van der Waals surface area (Å²) in [4.78, 5) is 0. The maximum atomic E-state index is 10.1. The first-order chi connectivity index (χ1) is 9.11. The van der Waals surface area contributed by atoms with E-state index in [-0.39, 0.29) is 6.04 Å². The molecule has 2 nitrogen and oxygen atoms in total. The normalized spacial score (nSPS) is 25.2. The van der Waals surface area contributed by atoms with Gasteiger partial charge < -0.3 is 10.4 Å². The summed E-state index contributed by atoms with van der Waals surface area (Å²) in [6, 6.07) is 6.80. The molecule has 0 spiro atoms. The van der Waals surface area contributed by atoms with Crippen LogP contribution in [0.4, 0.5) is 0 Å². The summed E-state index contributed by atoms with van der Waals surface area (Å²) in [6.45, 7) is 6.46. The number of benzene rings is 1. The smallest absolute Gasteiger partial charge is 0.120 e. The van der Waals surface area contributed by atoms with Gasteiger partial charge in [0.15, 0.2) is 0 Å². The molecule has 2 rings (SSSR count). The summed E-state index contributed by atoms with van der Waals surface area (Å²) in [5.74, 6) is 1.22. The molecular weight excluding hydrogens is 234 g/mol. The minimum absolute atomic E-state index is 0.220. The standard InChI is InChI=1S/C17H27NO/c1-4-14-7-5-6-8-16(14)18-13(3)15-10-9-12(2)11-17(15)19/h9-11,13-14,16,18-19H,4-8H2,1-3H3. The molecule has 0 amide bonds. The molecule has 0 radical (unpaired) electrons. The van der Waals surface area contributed by atoms with Crippen molar-refractivity contribution in [2.24, 2.45) is 5.92 Å². The zero-order chi connectivity index (χ0) is 13.8. The van der Waals surface area contributed by atoms with Gasteiger partial charge in [-0.1, -0.05) is 38.3 Å². The highest BCUT2D eigenvalue weighted by Gasteiger charge is 2.25. The van der Waals surface area contributed by atoms with Gasteiger partial charge in [-0.25, -0.2) is 0 Å². The van der Waals surface area contributed by atoms with Crippen molar-refractivity contribution in [3.05, 3.63) is 29.3 Å². The van der Waals surface area contributed by atoms with Crippen molar-refractivity contribution >= 4 is 0 Å². The molecule has 2 heteroatoms. The van der Waals surface area contributed by atoms with Crippen LogP contribution in [-0.4, -0.2) is 11.1 Å². The Balaban J connectivity index is 2.05. The molecule has 3 atom stereocenters. The average Bonchev–Trinajstić information content (AvgIpc) is 2.39. The van der Waals surface area contributed by atoms with Crippen LogP contribution in [0.25, 0.3) is 0 Å². The largest absolute Gasteiger partial charge is 0.508 e. The Kier molecular flexibility index (Phi) is 4.87. The summed E-state index contributed by atoms with van der Waals surface area (Å²) in [7, 11) is 0. The lowest BCUT2D eigenvalue weighted by atomic mass is 9.82. The summed E-state index contributed by atoms with van der Waals surface area (Å²) < 4.78 is 0. The number of aromatic hydroxyl groups is 1. The molecule has 1 aromatic rings. The number of rotatable bonds is 4. The van der Waals surface area contributed by atoms with Gasteiger partial charge in [0.1, 0.15) is 5.75 Å². The maximum Gasteiger partial charge on any atom is 0.120 e. The number of hydrogen-bond donors (Lipinski definition) is 2. The maximum absolute atomic E-state index is 10.1. The molecular formula is C17H27NO. The van der Waals surface area contributed by atoms with Gasteiger partial charge in [-0.3, -0.25) is 0 Å². The van der Waals surface area contributed by atoms with Crippen molar-refractivity contribution in [2.75, 3.05) is 0 Å². The topological polar surface area (TPSA) is 32.3 Å². The number of aryl methyl sites for hydroxylation is 1. The predicted molar refractivity (Wildman–Crippen MR) is 80.4 cm³/mol. The Labute approximate surface area is 117 Å². The van der Waals surface area contributed by atoms with Crippen LogP contribution >= 0.6 is 0 Å². The molecule has 1 fully saturated rings. The summed E-state index contributed by atoms with van der Waals surface area (Å²) >= 11 is 0. The van der Waals surface area contributed by atoms with Gasteiger partial charge >= 0.3 is 0 Å². The van der Waals surface area contributed by atoms with E-state index in [0.717, 1.165) is 17.0 Å². The molecule has 1 aromatic carbocycles. The highest BCUT2D eigenvalue weighted by molar-refractivity contribution is 5.37. The molecule has 106 valence electrons. The Morgan fingerprint density at radius 1 is 1.32 bits per heavy atom. The van der Waals surface area contributed by atoms with Crippen molar-refractivity contribution in [1.82, 2.24) is 5.32 Å². The zero-order valence-electron chi connectivity index (χ0n) is 12.4. The number of nitrogens with one attached hydrogen (secondary N) is 1. The minimum atomic E-state index is 0.220. The van der Waals surface area contributed by atoms with Gasteiger partial charge in [0.05, 0.1) is 0 Å². The molecule has 1 saturated carbocycles. The van der Waals surface area contributed by atoms with Gasteiger partial charge in [-0.15, -0.1) is 0 Å². The van der Waals surface area contributed by atoms with Crippen molar-refractivity contribution in [3.8, 4) is 5.75 Å². The number of hydrogen-bond acceptors (Lipinski definition) is 2. The monoisotopic (exact) mass is 261 g/mol.